The van der Waals surface area contributed by atoms with Gasteiger partial charge in [-0.2, -0.15) is 10.5 Å². The van der Waals surface area contributed by atoms with Crippen LogP contribution in [0.5, 0.6) is 11.5 Å². The fourth-order valence-corrected chi connectivity index (χ4v) is 6.06. The van der Waals surface area contributed by atoms with Crippen molar-refractivity contribution in [1.82, 2.24) is 4.90 Å². The number of likely N-dealkylation sites (tertiary alicyclic amines) is 1. The second-order valence-electron chi connectivity index (χ2n) is 7.94. The molecule has 5 heteroatoms. The smallest absolute Gasteiger partial charge is 0.166 e. The molecule has 0 N–H and O–H groups in total. The van der Waals surface area contributed by atoms with Crippen LogP contribution in [0, 0.1) is 40.4 Å². The number of allylic oxidation sites excluding steroid dienone is 1. The van der Waals surface area contributed by atoms with Crippen molar-refractivity contribution in [3.8, 4) is 23.6 Å². The molecule has 1 aromatic rings. The maximum Gasteiger partial charge on any atom is 0.166 e. The summed E-state index contributed by atoms with van der Waals surface area (Å²) in [6.45, 7) is 1.00. The molecule has 1 spiro atoms. The number of benzene rings is 1. The van der Waals surface area contributed by atoms with Crippen LogP contribution in [0.2, 0.25) is 0 Å². The van der Waals surface area contributed by atoms with Gasteiger partial charge in [-0.1, -0.05) is 12.1 Å². The van der Waals surface area contributed by atoms with E-state index in [9.17, 15) is 10.5 Å². The lowest BCUT2D eigenvalue weighted by molar-refractivity contribution is -0.0312. The molecule has 1 saturated heterocycles. The Morgan fingerprint density at radius 3 is 2.85 bits per heavy atom. The number of nitriles is 2. The summed E-state index contributed by atoms with van der Waals surface area (Å²) in [6.07, 6.45) is 6.04. The number of ether oxygens (including phenoxy) is 2. The van der Waals surface area contributed by atoms with E-state index in [-0.39, 0.29) is 23.4 Å². The van der Waals surface area contributed by atoms with E-state index in [2.05, 4.69) is 42.3 Å². The molecule has 2 bridgehead atoms. The van der Waals surface area contributed by atoms with Gasteiger partial charge in [0.2, 0.25) is 0 Å². The molecule has 4 aliphatic rings. The molecule has 5 nitrogen and oxygen atoms in total. The van der Waals surface area contributed by atoms with E-state index in [1.54, 1.807) is 7.11 Å². The van der Waals surface area contributed by atoms with Gasteiger partial charge in [-0.25, -0.2) is 0 Å². The highest BCUT2D eigenvalue weighted by Crippen LogP contribution is 2.64. The summed E-state index contributed by atoms with van der Waals surface area (Å²) in [5.41, 5.74) is 2.45. The van der Waals surface area contributed by atoms with Crippen LogP contribution in [0.15, 0.2) is 24.3 Å². The molecule has 0 aromatic heterocycles. The molecule has 5 atom stereocenters. The van der Waals surface area contributed by atoms with Crippen molar-refractivity contribution in [2.24, 2.45) is 17.8 Å². The predicted molar refractivity (Wildman–Crippen MR) is 94.7 cm³/mol. The molecular weight excluding hydrogens is 326 g/mol. The standard InChI is InChI=1S/C21H21N3O2/c1-24-8-7-21-17-6-4-14(13(10-22)11-23)19(21)15(24)9-12-3-5-16(25-2)20(26-17)18(12)21/h3-6,13-15,17,19H,7-9H2,1-2H3/t14-,15-,17+,19+,21-/m1/s1. The zero-order valence-corrected chi connectivity index (χ0v) is 15.0. The lowest BCUT2D eigenvalue weighted by atomic mass is 9.49. The van der Waals surface area contributed by atoms with Crippen molar-refractivity contribution in [1.29, 1.82) is 10.5 Å². The van der Waals surface area contributed by atoms with Crippen molar-refractivity contribution >= 4 is 0 Å². The van der Waals surface area contributed by atoms with Crippen LogP contribution < -0.4 is 9.47 Å². The molecular formula is C21H21N3O2. The number of nitrogens with zero attached hydrogens (tertiary/aromatic N) is 3. The van der Waals surface area contributed by atoms with E-state index in [4.69, 9.17) is 9.47 Å². The fraction of sp³-hybridized carbons (Fsp3) is 0.524. The highest BCUT2D eigenvalue weighted by molar-refractivity contribution is 5.62. The van der Waals surface area contributed by atoms with Gasteiger partial charge >= 0.3 is 0 Å². The predicted octanol–water partition coefficient (Wildman–Crippen LogP) is 2.42. The van der Waals surface area contributed by atoms with E-state index in [0.29, 0.717) is 6.04 Å². The molecule has 0 unspecified atom stereocenters. The molecule has 26 heavy (non-hydrogen) atoms. The van der Waals surface area contributed by atoms with Gasteiger partial charge in [-0.3, -0.25) is 0 Å². The second-order valence-corrected chi connectivity index (χ2v) is 7.94. The summed E-state index contributed by atoms with van der Waals surface area (Å²) >= 11 is 0. The third-order valence-corrected chi connectivity index (χ3v) is 7.11. The van der Waals surface area contributed by atoms with E-state index >= 15 is 0 Å². The van der Waals surface area contributed by atoms with E-state index in [1.165, 1.54) is 11.1 Å². The number of piperidine rings is 1. The van der Waals surface area contributed by atoms with Gasteiger partial charge < -0.3 is 14.4 Å². The topological polar surface area (TPSA) is 69.3 Å². The number of hydrogen-bond donors (Lipinski definition) is 0. The van der Waals surface area contributed by atoms with Crippen molar-refractivity contribution in [2.75, 3.05) is 20.7 Å². The maximum absolute atomic E-state index is 9.58. The Morgan fingerprint density at radius 2 is 2.12 bits per heavy atom. The van der Waals surface area contributed by atoms with E-state index < -0.39 is 5.92 Å². The number of hydrogen-bond acceptors (Lipinski definition) is 5. The average Bonchev–Trinajstić information content (AvgIpc) is 3.00. The Hall–Kier alpha value is -2.50. The normalized spacial score (nSPS) is 36.0. The van der Waals surface area contributed by atoms with Crippen LogP contribution in [0.3, 0.4) is 0 Å². The number of rotatable bonds is 2. The van der Waals surface area contributed by atoms with Crippen molar-refractivity contribution in [2.45, 2.75) is 30.4 Å². The van der Waals surface area contributed by atoms with Crippen molar-refractivity contribution < 1.29 is 9.47 Å². The zero-order chi connectivity index (χ0) is 18.1. The summed E-state index contributed by atoms with van der Waals surface area (Å²) in [7, 11) is 3.85. The van der Waals surface area contributed by atoms with Crippen LogP contribution in [0.4, 0.5) is 0 Å². The summed E-state index contributed by atoms with van der Waals surface area (Å²) in [5.74, 6) is 1.17. The van der Waals surface area contributed by atoms with Gasteiger partial charge in [0.15, 0.2) is 11.5 Å². The number of likely N-dealkylation sites (N-methyl/N-ethyl adjacent to an activating group) is 1. The molecule has 2 heterocycles. The third kappa shape index (κ3) is 1.67. The molecule has 1 aromatic carbocycles. The average molecular weight is 347 g/mol. The lowest BCUT2D eigenvalue weighted by Crippen LogP contribution is -2.65. The second kappa shape index (κ2) is 5.25. The van der Waals surface area contributed by atoms with Gasteiger partial charge in [0.1, 0.15) is 12.0 Å². The fourth-order valence-electron chi connectivity index (χ4n) is 6.06. The molecule has 5 rings (SSSR count). The first kappa shape index (κ1) is 15.7. The molecule has 2 aliphatic heterocycles. The first-order chi connectivity index (χ1) is 12.7. The monoisotopic (exact) mass is 347 g/mol. The highest BCUT2D eigenvalue weighted by atomic mass is 16.5. The van der Waals surface area contributed by atoms with Crippen LogP contribution in [0.25, 0.3) is 0 Å². The van der Waals surface area contributed by atoms with Gasteiger partial charge in [0.05, 0.1) is 19.2 Å². The minimum absolute atomic E-state index is 0.0386. The van der Waals surface area contributed by atoms with Crippen LogP contribution >= 0.6 is 0 Å². The Morgan fingerprint density at radius 1 is 1.31 bits per heavy atom. The summed E-state index contributed by atoms with van der Waals surface area (Å²) in [6, 6.07) is 8.97. The van der Waals surface area contributed by atoms with E-state index in [0.717, 1.165) is 30.9 Å². The Bertz CT molecular complexity index is 882. The highest BCUT2D eigenvalue weighted by Gasteiger charge is 2.65. The van der Waals surface area contributed by atoms with Crippen LogP contribution in [0.1, 0.15) is 17.5 Å². The molecule has 0 amide bonds. The van der Waals surface area contributed by atoms with Crippen molar-refractivity contribution in [3.05, 3.63) is 35.4 Å². The summed E-state index contributed by atoms with van der Waals surface area (Å²) in [5, 5.41) is 19.2. The maximum atomic E-state index is 9.58. The van der Waals surface area contributed by atoms with Gasteiger partial charge in [0, 0.05) is 22.9 Å². The Kier molecular flexibility index (Phi) is 3.18. The molecule has 132 valence electrons. The molecule has 1 fully saturated rings. The Labute approximate surface area is 153 Å². The lowest BCUT2D eigenvalue weighted by Gasteiger charge is -2.58. The van der Waals surface area contributed by atoms with Gasteiger partial charge in [-0.15, -0.1) is 0 Å². The quantitative estimate of drug-likeness (QED) is 0.769. The van der Waals surface area contributed by atoms with E-state index in [1.807, 2.05) is 6.07 Å². The molecule has 2 aliphatic carbocycles. The number of methoxy groups -OCH3 is 1. The summed E-state index contributed by atoms with van der Waals surface area (Å²) < 4.78 is 12.0. The zero-order valence-electron chi connectivity index (χ0n) is 15.0. The van der Waals surface area contributed by atoms with Crippen molar-refractivity contribution in [3.63, 3.8) is 0 Å². The SMILES string of the molecule is COc1ccc2c3c1O[C@H]1C=C[C@H](C(C#N)C#N)[C@H]4[C@@H](C2)N(C)CC[C@@]341. The van der Waals surface area contributed by atoms with Gasteiger partial charge in [0.25, 0.3) is 0 Å². The first-order valence-corrected chi connectivity index (χ1v) is 9.20. The molecule has 0 saturated carbocycles. The molecule has 0 radical (unpaired) electrons. The van der Waals surface area contributed by atoms with Gasteiger partial charge in [-0.05, 0) is 50.1 Å². The summed E-state index contributed by atoms with van der Waals surface area (Å²) in [4.78, 5) is 2.41. The largest absolute Gasteiger partial charge is 0.493 e. The minimum atomic E-state index is -0.626. The Balaban J connectivity index is 1.78. The van der Waals surface area contributed by atoms with Crippen LogP contribution in [-0.2, 0) is 11.8 Å². The first-order valence-electron chi connectivity index (χ1n) is 9.20. The van der Waals surface area contributed by atoms with Crippen LogP contribution in [-0.4, -0.2) is 37.7 Å². The third-order valence-electron chi connectivity index (χ3n) is 7.11. The minimum Gasteiger partial charge on any atom is -0.493 e.